The summed E-state index contributed by atoms with van der Waals surface area (Å²) in [5.41, 5.74) is 3.43. The molecule has 0 unspecified atom stereocenters. The van der Waals surface area contributed by atoms with Gasteiger partial charge in [-0.2, -0.15) is 0 Å². The Morgan fingerprint density at radius 3 is 2.22 bits per heavy atom. The minimum Gasteiger partial charge on any atom is -0.326 e. The first-order valence-electron chi connectivity index (χ1n) is 8.21. The van der Waals surface area contributed by atoms with Crippen LogP contribution in [0.3, 0.4) is 0 Å². The Morgan fingerprint density at radius 1 is 0.957 bits per heavy atom. The van der Waals surface area contributed by atoms with Gasteiger partial charge in [-0.1, -0.05) is 56.3 Å². The first kappa shape index (κ1) is 17.2. The molecule has 0 fully saturated rings. The van der Waals surface area contributed by atoms with Crippen molar-refractivity contribution in [3.63, 3.8) is 0 Å². The van der Waals surface area contributed by atoms with Gasteiger partial charge in [0.2, 0.25) is 5.91 Å². The second-order valence-corrected chi connectivity index (χ2v) is 6.30. The van der Waals surface area contributed by atoms with Crippen molar-refractivity contribution in [1.29, 1.82) is 0 Å². The van der Waals surface area contributed by atoms with E-state index in [1.807, 2.05) is 37.3 Å². The highest BCUT2D eigenvalue weighted by Crippen LogP contribution is 2.14. The largest absolute Gasteiger partial charge is 0.326 e. The van der Waals surface area contributed by atoms with E-state index in [1.54, 1.807) is 0 Å². The van der Waals surface area contributed by atoms with Crippen LogP contribution >= 0.6 is 0 Å². The molecule has 2 rings (SSSR count). The quantitative estimate of drug-likeness (QED) is 0.800. The van der Waals surface area contributed by atoms with Crippen molar-refractivity contribution in [2.45, 2.75) is 45.7 Å². The smallest absolute Gasteiger partial charge is 0.225 e. The Labute approximate surface area is 139 Å². The van der Waals surface area contributed by atoms with Gasteiger partial charge in [-0.15, -0.1) is 0 Å². The van der Waals surface area contributed by atoms with Crippen molar-refractivity contribution in [1.82, 2.24) is 5.32 Å². The summed E-state index contributed by atoms with van der Waals surface area (Å²) in [6.07, 6.45) is 0.457. The van der Waals surface area contributed by atoms with Crippen LogP contribution in [0.1, 0.15) is 44.2 Å². The molecule has 1 amide bonds. The van der Waals surface area contributed by atoms with Crippen LogP contribution in [0.15, 0.2) is 54.6 Å². The van der Waals surface area contributed by atoms with Gasteiger partial charge in [-0.25, -0.2) is 0 Å². The molecule has 0 aliphatic carbocycles. The number of carbonyl (C=O) groups is 1. The van der Waals surface area contributed by atoms with Crippen molar-refractivity contribution in [3.8, 4) is 0 Å². The molecule has 3 nitrogen and oxygen atoms in total. The summed E-state index contributed by atoms with van der Waals surface area (Å²) in [5.74, 6) is 0.587. The zero-order valence-corrected chi connectivity index (χ0v) is 14.2. The van der Waals surface area contributed by atoms with E-state index in [1.165, 1.54) is 11.1 Å². The minimum atomic E-state index is 0.0337. The van der Waals surface area contributed by atoms with Crippen LogP contribution in [0.4, 0.5) is 5.69 Å². The summed E-state index contributed by atoms with van der Waals surface area (Å²) in [6.45, 7) is 7.20. The van der Waals surface area contributed by atoms with Crippen molar-refractivity contribution in [2.24, 2.45) is 0 Å². The van der Waals surface area contributed by atoms with Gasteiger partial charge < -0.3 is 10.6 Å². The van der Waals surface area contributed by atoms with Crippen LogP contribution in [-0.4, -0.2) is 11.9 Å². The lowest BCUT2D eigenvalue weighted by Crippen LogP contribution is -2.30. The Balaban J connectivity index is 1.76. The molecule has 122 valence electrons. The molecule has 0 aromatic heterocycles. The Kier molecular flexibility index (Phi) is 6.36. The van der Waals surface area contributed by atoms with Crippen LogP contribution in [-0.2, 0) is 11.3 Å². The molecule has 0 saturated heterocycles. The highest BCUT2D eigenvalue weighted by Gasteiger charge is 2.09. The number of nitrogens with one attached hydrogen (secondary N) is 2. The number of amides is 1. The van der Waals surface area contributed by atoms with E-state index in [0.29, 0.717) is 12.3 Å². The molecule has 3 heteroatoms. The third kappa shape index (κ3) is 5.87. The summed E-state index contributed by atoms with van der Waals surface area (Å²) in [4.78, 5) is 12.0. The average molecular weight is 310 g/mol. The van der Waals surface area contributed by atoms with E-state index in [-0.39, 0.29) is 11.9 Å². The summed E-state index contributed by atoms with van der Waals surface area (Å²) < 4.78 is 0. The fraction of sp³-hybridized carbons (Fsp3) is 0.350. The molecule has 0 radical (unpaired) electrons. The number of para-hydroxylation sites is 1. The van der Waals surface area contributed by atoms with Crippen LogP contribution in [0.2, 0.25) is 0 Å². The third-order valence-electron chi connectivity index (χ3n) is 3.85. The number of carbonyl (C=O) groups excluding carboxylic acids is 1. The first-order valence-corrected chi connectivity index (χ1v) is 8.21. The Morgan fingerprint density at radius 2 is 1.61 bits per heavy atom. The third-order valence-corrected chi connectivity index (χ3v) is 3.85. The van der Waals surface area contributed by atoms with Crippen LogP contribution in [0.5, 0.6) is 0 Å². The summed E-state index contributed by atoms with van der Waals surface area (Å²) in [6, 6.07) is 18.3. The number of anilines is 1. The molecule has 0 aliphatic rings. The molecular weight excluding hydrogens is 284 g/mol. The van der Waals surface area contributed by atoms with E-state index in [4.69, 9.17) is 0 Å². The molecule has 0 spiro atoms. The van der Waals surface area contributed by atoms with E-state index in [0.717, 1.165) is 12.2 Å². The SMILES string of the molecule is CC(C)c1ccc(CN[C@@H](C)CC(=O)Nc2ccccc2)cc1. The zero-order chi connectivity index (χ0) is 16.7. The zero-order valence-electron chi connectivity index (χ0n) is 14.2. The second-order valence-electron chi connectivity index (χ2n) is 6.30. The van der Waals surface area contributed by atoms with Crippen molar-refractivity contribution >= 4 is 11.6 Å². The molecule has 23 heavy (non-hydrogen) atoms. The summed E-state index contributed by atoms with van der Waals surface area (Å²) in [7, 11) is 0. The summed E-state index contributed by atoms with van der Waals surface area (Å²) in [5, 5.41) is 6.32. The van der Waals surface area contributed by atoms with Gasteiger partial charge in [0.1, 0.15) is 0 Å². The number of hydrogen-bond donors (Lipinski definition) is 2. The van der Waals surface area contributed by atoms with Crippen LogP contribution < -0.4 is 10.6 Å². The standard InChI is InChI=1S/C20H26N2O/c1-15(2)18-11-9-17(10-12-18)14-21-16(3)13-20(23)22-19-7-5-4-6-8-19/h4-12,15-16,21H,13-14H2,1-3H3,(H,22,23)/t16-/m0/s1. The van der Waals surface area contributed by atoms with Gasteiger partial charge >= 0.3 is 0 Å². The molecule has 0 bridgehead atoms. The highest BCUT2D eigenvalue weighted by atomic mass is 16.1. The number of benzene rings is 2. The number of hydrogen-bond acceptors (Lipinski definition) is 2. The number of rotatable bonds is 7. The lowest BCUT2D eigenvalue weighted by molar-refractivity contribution is -0.116. The Hall–Kier alpha value is -2.13. The highest BCUT2D eigenvalue weighted by molar-refractivity contribution is 5.90. The molecule has 0 heterocycles. The lowest BCUT2D eigenvalue weighted by Gasteiger charge is -2.14. The molecular formula is C20H26N2O. The van der Waals surface area contributed by atoms with E-state index < -0.39 is 0 Å². The monoisotopic (exact) mass is 310 g/mol. The predicted octanol–water partition coefficient (Wildman–Crippen LogP) is 4.32. The van der Waals surface area contributed by atoms with Crippen molar-refractivity contribution in [3.05, 3.63) is 65.7 Å². The lowest BCUT2D eigenvalue weighted by atomic mass is 10.0. The first-order chi connectivity index (χ1) is 11.0. The fourth-order valence-electron chi connectivity index (χ4n) is 2.40. The predicted molar refractivity (Wildman–Crippen MR) is 96.5 cm³/mol. The maximum atomic E-state index is 12.0. The minimum absolute atomic E-state index is 0.0337. The molecule has 0 saturated carbocycles. The molecule has 2 aromatic rings. The molecule has 0 aliphatic heterocycles. The van der Waals surface area contributed by atoms with Crippen LogP contribution in [0.25, 0.3) is 0 Å². The Bertz CT molecular complexity index is 605. The van der Waals surface area contributed by atoms with Gasteiger partial charge in [-0.05, 0) is 36.1 Å². The average Bonchev–Trinajstić information content (AvgIpc) is 2.54. The summed E-state index contributed by atoms with van der Waals surface area (Å²) >= 11 is 0. The van der Waals surface area contributed by atoms with Gasteiger partial charge in [0, 0.05) is 24.7 Å². The topological polar surface area (TPSA) is 41.1 Å². The van der Waals surface area contributed by atoms with Gasteiger partial charge in [0.15, 0.2) is 0 Å². The van der Waals surface area contributed by atoms with Gasteiger partial charge in [-0.3, -0.25) is 4.79 Å². The maximum absolute atomic E-state index is 12.0. The second kappa shape index (κ2) is 8.49. The molecule has 2 N–H and O–H groups in total. The van der Waals surface area contributed by atoms with Gasteiger partial charge in [0.25, 0.3) is 0 Å². The molecule has 1 atom stereocenters. The van der Waals surface area contributed by atoms with E-state index >= 15 is 0 Å². The van der Waals surface area contributed by atoms with Crippen molar-refractivity contribution in [2.75, 3.05) is 5.32 Å². The maximum Gasteiger partial charge on any atom is 0.225 e. The normalized spacial score (nSPS) is 12.2. The molecule has 2 aromatic carbocycles. The van der Waals surface area contributed by atoms with E-state index in [9.17, 15) is 4.79 Å². The van der Waals surface area contributed by atoms with Crippen LogP contribution in [0, 0.1) is 0 Å². The van der Waals surface area contributed by atoms with E-state index in [2.05, 4.69) is 48.7 Å². The van der Waals surface area contributed by atoms with Crippen molar-refractivity contribution < 1.29 is 4.79 Å². The van der Waals surface area contributed by atoms with Gasteiger partial charge in [0.05, 0.1) is 0 Å². The fourth-order valence-corrected chi connectivity index (χ4v) is 2.40.